The number of thiocarbonyl (C=S) groups is 1. The van der Waals surface area contributed by atoms with Crippen molar-refractivity contribution in [2.45, 2.75) is 12.5 Å². The SMILES string of the molecule is COc1ccc(N2C(=O)C(CC(=O)Nc3ccc(Cl)cc3)N(NC(=O)c3cccnc3)C2=S)cc1. The smallest absolute Gasteiger partial charge is 0.271 e. The van der Waals surface area contributed by atoms with Crippen LogP contribution in [0, 0.1) is 0 Å². The lowest BCUT2D eigenvalue weighted by Crippen LogP contribution is -2.49. The zero-order valence-corrected chi connectivity index (χ0v) is 20.0. The number of nitrogens with one attached hydrogen (secondary N) is 2. The Balaban J connectivity index is 1.59. The highest BCUT2D eigenvalue weighted by Gasteiger charge is 2.45. The molecule has 0 bridgehead atoms. The van der Waals surface area contributed by atoms with Gasteiger partial charge in [0.25, 0.3) is 11.8 Å². The number of benzene rings is 2. The molecule has 1 aromatic heterocycles. The molecule has 35 heavy (non-hydrogen) atoms. The predicted molar refractivity (Wildman–Crippen MR) is 135 cm³/mol. The summed E-state index contributed by atoms with van der Waals surface area (Å²) in [6.45, 7) is 0. The van der Waals surface area contributed by atoms with Crippen LogP contribution in [0.2, 0.25) is 5.02 Å². The van der Waals surface area contributed by atoms with Crippen LogP contribution in [0.25, 0.3) is 0 Å². The van der Waals surface area contributed by atoms with Crippen molar-refractivity contribution in [2.24, 2.45) is 0 Å². The summed E-state index contributed by atoms with van der Waals surface area (Å²) >= 11 is 11.4. The van der Waals surface area contributed by atoms with Gasteiger partial charge in [0.2, 0.25) is 11.0 Å². The van der Waals surface area contributed by atoms with E-state index >= 15 is 0 Å². The lowest BCUT2D eigenvalue weighted by atomic mass is 10.1. The number of hydrazine groups is 1. The predicted octanol–water partition coefficient (Wildman–Crippen LogP) is 3.42. The number of amides is 3. The first-order valence-corrected chi connectivity index (χ1v) is 11.2. The van der Waals surface area contributed by atoms with Crippen molar-refractivity contribution in [1.29, 1.82) is 0 Å². The number of pyridine rings is 1. The minimum absolute atomic E-state index is 0.0294. The topological polar surface area (TPSA) is 104 Å². The van der Waals surface area contributed by atoms with E-state index in [9.17, 15) is 14.4 Å². The van der Waals surface area contributed by atoms with Crippen LogP contribution in [0.3, 0.4) is 0 Å². The van der Waals surface area contributed by atoms with Gasteiger partial charge < -0.3 is 10.1 Å². The third kappa shape index (κ3) is 5.39. The van der Waals surface area contributed by atoms with Crippen LogP contribution in [0.1, 0.15) is 16.8 Å². The van der Waals surface area contributed by atoms with E-state index < -0.39 is 23.8 Å². The van der Waals surface area contributed by atoms with E-state index in [1.807, 2.05) is 0 Å². The van der Waals surface area contributed by atoms with E-state index in [4.69, 9.17) is 28.6 Å². The molecule has 1 atom stereocenters. The van der Waals surface area contributed by atoms with Crippen molar-refractivity contribution in [3.63, 3.8) is 0 Å². The second-order valence-corrected chi connectivity index (χ2v) is 8.28. The Morgan fingerprint density at radius 2 is 1.83 bits per heavy atom. The lowest BCUT2D eigenvalue weighted by molar-refractivity contribution is -0.124. The van der Waals surface area contributed by atoms with Crippen LogP contribution in [0.15, 0.2) is 73.1 Å². The van der Waals surface area contributed by atoms with Gasteiger partial charge in [-0.3, -0.25) is 29.7 Å². The van der Waals surface area contributed by atoms with Gasteiger partial charge in [-0.2, -0.15) is 0 Å². The van der Waals surface area contributed by atoms with Crippen molar-refractivity contribution >= 4 is 58.0 Å². The van der Waals surface area contributed by atoms with E-state index in [-0.39, 0.29) is 17.1 Å². The molecule has 0 aliphatic carbocycles. The molecule has 0 radical (unpaired) electrons. The molecular formula is C24H20ClN5O4S. The molecule has 11 heteroatoms. The van der Waals surface area contributed by atoms with Crippen molar-refractivity contribution in [3.05, 3.63) is 83.6 Å². The maximum Gasteiger partial charge on any atom is 0.271 e. The zero-order valence-electron chi connectivity index (χ0n) is 18.5. The molecule has 3 aromatic rings. The van der Waals surface area contributed by atoms with Crippen LogP contribution in [0.4, 0.5) is 11.4 Å². The number of carbonyl (C=O) groups is 3. The van der Waals surface area contributed by atoms with Gasteiger partial charge in [0.05, 0.1) is 24.8 Å². The monoisotopic (exact) mass is 509 g/mol. The average molecular weight is 510 g/mol. The van der Waals surface area contributed by atoms with Gasteiger partial charge in [0.1, 0.15) is 11.8 Å². The lowest BCUT2D eigenvalue weighted by Gasteiger charge is -2.24. The average Bonchev–Trinajstić information content (AvgIpc) is 3.09. The number of rotatable bonds is 7. The Bertz CT molecular complexity index is 1260. The number of ether oxygens (including phenoxy) is 1. The molecule has 2 aromatic carbocycles. The summed E-state index contributed by atoms with van der Waals surface area (Å²) in [7, 11) is 1.53. The molecule has 2 N–H and O–H groups in total. The van der Waals surface area contributed by atoms with E-state index in [0.717, 1.165) is 0 Å². The Morgan fingerprint density at radius 1 is 1.11 bits per heavy atom. The molecular weight excluding hydrogens is 490 g/mol. The first-order chi connectivity index (χ1) is 16.9. The highest BCUT2D eigenvalue weighted by atomic mass is 35.5. The molecule has 3 amide bonds. The molecule has 178 valence electrons. The summed E-state index contributed by atoms with van der Waals surface area (Å²) in [6.07, 6.45) is 2.66. The van der Waals surface area contributed by atoms with Crippen molar-refractivity contribution in [1.82, 2.24) is 15.4 Å². The minimum Gasteiger partial charge on any atom is -0.497 e. The number of hydrogen-bond acceptors (Lipinski definition) is 6. The Hall–Kier alpha value is -4.02. The third-order valence-corrected chi connectivity index (χ3v) is 5.83. The van der Waals surface area contributed by atoms with Gasteiger partial charge in [-0.1, -0.05) is 11.6 Å². The summed E-state index contributed by atoms with van der Waals surface area (Å²) in [5.74, 6) is -0.816. The fourth-order valence-corrected chi connectivity index (χ4v) is 3.95. The molecule has 1 saturated heterocycles. The standard InChI is InChI=1S/C24H20ClN5O4S/c1-34-19-10-8-18(9-11-19)29-23(33)20(13-21(31)27-17-6-4-16(25)5-7-17)30(24(29)35)28-22(32)15-3-2-12-26-14-15/h2-12,14,20H,13H2,1H3,(H,27,31)(H,28,32). The van der Waals surface area contributed by atoms with Gasteiger partial charge in [0, 0.05) is 23.1 Å². The van der Waals surface area contributed by atoms with Gasteiger partial charge in [-0.15, -0.1) is 0 Å². The fourth-order valence-electron chi connectivity index (χ4n) is 3.46. The van der Waals surface area contributed by atoms with Crippen LogP contribution >= 0.6 is 23.8 Å². The molecule has 9 nitrogen and oxygen atoms in total. The molecule has 1 unspecified atom stereocenters. The Kier molecular flexibility index (Phi) is 7.23. The molecule has 2 heterocycles. The van der Waals surface area contributed by atoms with Crippen LogP contribution in [0.5, 0.6) is 5.75 Å². The van der Waals surface area contributed by atoms with Crippen LogP contribution in [-0.2, 0) is 9.59 Å². The van der Waals surface area contributed by atoms with Crippen LogP contribution < -0.4 is 20.4 Å². The normalized spacial score (nSPS) is 15.2. The minimum atomic E-state index is -1.07. The van der Waals surface area contributed by atoms with E-state index in [1.165, 1.54) is 29.4 Å². The van der Waals surface area contributed by atoms with Gasteiger partial charge in [0.15, 0.2) is 0 Å². The number of anilines is 2. The number of methoxy groups -OCH3 is 1. The Morgan fingerprint density at radius 3 is 2.46 bits per heavy atom. The first kappa shape index (κ1) is 24.1. The maximum atomic E-state index is 13.4. The summed E-state index contributed by atoms with van der Waals surface area (Å²) < 4.78 is 5.18. The summed E-state index contributed by atoms with van der Waals surface area (Å²) in [4.78, 5) is 44.3. The highest BCUT2D eigenvalue weighted by molar-refractivity contribution is 7.80. The first-order valence-electron chi connectivity index (χ1n) is 10.4. The maximum absolute atomic E-state index is 13.4. The number of aromatic nitrogens is 1. The molecule has 0 spiro atoms. The number of halogens is 1. The molecule has 1 aliphatic rings. The number of nitrogens with zero attached hydrogens (tertiary/aromatic N) is 3. The molecule has 0 saturated carbocycles. The molecule has 1 fully saturated rings. The number of carbonyl (C=O) groups excluding carboxylic acids is 3. The van der Waals surface area contributed by atoms with Crippen LogP contribution in [-0.4, -0.2) is 46.0 Å². The highest BCUT2D eigenvalue weighted by Crippen LogP contribution is 2.28. The summed E-state index contributed by atoms with van der Waals surface area (Å²) in [6, 6.07) is 15.4. The molecule has 4 rings (SSSR count). The van der Waals surface area contributed by atoms with Crippen molar-refractivity contribution in [3.8, 4) is 5.75 Å². The summed E-state index contributed by atoms with van der Waals surface area (Å²) in [5, 5.41) is 4.52. The fraction of sp³-hybridized carbons (Fsp3) is 0.125. The quantitative estimate of drug-likeness (QED) is 0.470. The van der Waals surface area contributed by atoms with Crippen molar-refractivity contribution < 1.29 is 19.1 Å². The second-order valence-electron chi connectivity index (χ2n) is 7.48. The second kappa shape index (κ2) is 10.5. The van der Waals surface area contributed by atoms with E-state index in [2.05, 4.69) is 15.7 Å². The third-order valence-electron chi connectivity index (χ3n) is 5.20. The largest absolute Gasteiger partial charge is 0.497 e. The van der Waals surface area contributed by atoms with Gasteiger partial charge in [-0.25, -0.2) is 5.01 Å². The number of hydrogen-bond donors (Lipinski definition) is 2. The van der Waals surface area contributed by atoms with Crippen molar-refractivity contribution in [2.75, 3.05) is 17.3 Å². The van der Waals surface area contributed by atoms with E-state index in [1.54, 1.807) is 60.7 Å². The summed E-state index contributed by atoms with van der Waals surface area (Å²) in [5.41, 5.74) is 3.92. The Labute approximate surface area is 211 Å². The van der Waals surface area contributed by atoms with E-state index in [0.29, 0.717) is 22.1 Å². The molecule has 1 aliphatic heterocycles. The van der Waals surface area contributed by atoms with Gasteiger partial charge >= 0.3 is 0 Å². The zero-order chi connectivity index (χ0) is 24.9. The van der Waals surface area contributed by atoms with Gasteiger partial charge in [-0.05, 0) is 72.9 Å².